The molecule has 0 aliphatic carbocycles. The highest BCUT2D eigenvalue weighted by molar-refractivity contribution is 6.28. The van der Waals surface area contributed by atoms with Crippen LogP contribution in [0.25, 0.3) is 0 Å². The van der Waals surface area contributed by atoms with E-state index in [0.29, 0.717) is 15.7 Å². The Bertz CT molecular complexity index is 1390. The smallest absolute Gasteiger partial charge is 0.281 e. The van der Waals surface area contributed by atoms with E-state index in [2.05, 4.69) is 5.32 Å². The summed E-state index contributed by atoms with van der Waals surface area (Å²) in [7, 11) is 0. The molecule has 2 aliphatic heterocycles. The third-order valence-electron chi connectivity index (χ3n) is 5.86. The summed E-state index contributed by atoms with van der Waals surface area (Å²) < 4.78 is 0. The minimum atomic E-state index is -0.842. The van der Waals surface area contributed by atoms with Crippen molar-refractivity contribution in [3.63, 3.8) is 0 Å². The lowest BCUT2D eigenvalue weighted by molar-refractivity contribution is 0.00845. The molecule has 0 bridgehead atoms. The Morgan fingerprint density at radius 1 is 0.636 bits per heavy atom. The maximum atomic E-state index is 13.1. The van der Waals surface area contributed by atoms with E-state index in [0.717, 1.165) is 11.1 Å². The highest BCUT2D eigenvalue weighted by Crippen LogP contribution is 2.31. The number of carbonyl (C=O) groups is 5. The van der Waals surface area contributed by atoms with Crippen molar-refractivity contribution in [3.8, 4) is 0 Å². The quantitative estimate of drug-likeness (QED) is 0.631. The van der Waals surface area contributed by atoms with E-state index >= 15 is 0 Å². The zero-order valence-electron chi connectivity index (χ0n) is 17.7. The molecular weight excluding hydrogens is 422 g/mol. The van der Waals surface area contributed by atoms with Gasteiger partial charge in [0.25, 0.3) is 29.5 Å². The third kappa shape index (κ3) is 3.03. The fraction of sp³-hybridized carbons (Fsp3) is 0.0800. The fourth-order valence-corrected chi connectivity index (χ4v) is 3.93. The van der Waals surface area contributed by atoms with Gasteiger partial charge in [-0.3, -0.25) is 24.0 Å². The maximum Gasteiger partial charge on any atom is 0.281 e. The van der Waals surface area contributed by atoms with Gasteiger partial charge in [-0.1, -0.05) is 18.2 Å². The van der Waals surface area contributed by atoms with E-state index in [1.54, 1.807) is 18.2 Å². The molecule has 162 valence electrons. The van der Waals surface area contributed by atoms with Crippen LogP contribution in [0.4, 0.5) is 5.69 Å². The van der Waals surface area contributed by atoms with E-state index in [9.17, 15) is 24.0 Å². The number of hydrogen-bond donors (Lipinski definition) is 1. The molecule has 0 saturated heterocycles. The second kappa shape index (κ2) is 7.23. The SMILES string of the molecule is Cc1ccc(NC(=O)c2ccc3c(c2)C(=O)N(N2C(=O)c4ccccc4C2=O)C3=O)cc1C. The molecule has 1 N–H and O–H groups in total. The van der Waals surface area contributed by atoms with E-state index in [4.69, 9.17) is 0 Å². The first-order chi connectivity index (χ1) is 15.8. The monoisotopic (exact) mass is 439 g/mol. The van der Waals surface area contributed by atoms with Gasteiger partial charge in [-0.15, -0.1) is 0 Å². The van der Waals surface area contributed by atoms with Crippen LogP contribution in [0.15, 0.2) is 60.7 Å². The zero-order chi connectivity index (χ0) is 23.4. The van der Waals surface area contributed by atoms with Crippen LogP contribution in [0.3, 0.4) is 0 Å². The minimum Gasteiger partial charge on any atom is -0.322 e. The molecule has 5 amide bonds. The molecule has 8 heteroatoms. The number of hydrazine groups is 1. The molecular formula is C25H17N3O5. The van der Waals surface area contributed by atoms with Gasteiger partial charge < -0.3 is 5.32 Å². The van der Waals surface area contributed by atoms with Gasteiger partial charge in [0.1, 0.15) is 0 Å². The van der Waals surface area contributed by atoms with Crippen molar-refractivity contribution in [2.24, 2.45) is 0 Å². The Labute approximate surface area is 188 Å². The number of amides is 5. The molecule has 0 radical (unpaired) electrons. The van der Waals surface area contributed by atoms with Crippen LogP contribution in [0.2, 0.25) is 0 Å². The number of hydrogen-bond acceptors (Lipinski definition) is 5. The number of rotatable bonds is 3. The highest BCUT2D eigenvalue weighted by atomic mass is 16.2. The van der Waals surface area contributed by atoms with Crippen LogP contribution in [0, 0.1) is 13.8 Å². The van der Waals surface area contributed by atoms with Gasteiger partial charge in [0.15, 0.2) is 0 Å². The van der Waals surface area contributed by atoms with Crippen molar-refractivity contribution in [1.29, 1.82) is 0 Å². The van der Waals surface area contributed by atoms with Gasteiger partial charge in [-0.2, -0.15) is 10.0 Å². The standard InChI is InChI=1S/C25H17N3O5/c1-13-7-9-16(11-14(13)2)26-21(29)15-8-10-19-20(12-15)25(33)28(24(19)32)27-22(30)17-5-3-4-6-18(17)23(27)31/h3-12H,1-2H3,(H,26,29). The predicted octanol–water partition coefficient (Wildman–Crippen LogP) is 3.36. The summed E-state index contributed by atoms with van der Waals surface area (Å²) in [4.78, 5) is 64.3. The lowest BCUT2D eigenvalue weighted by Gasteiger charge is -2.23. The van der Waals surface area contributed by atoms with Crippen LogP contribution >= 0.6 is 0 Å². The van der Waals surface area contributed by atoms with Crippen molar-refractivity contribution in [2.45, 2.75) is 13.8 Å². The van der Waals surface area contributed by atoms with Crippen LogP contribution in [-0.4, -0.2) is 39.6 Å². The zero-order valence-corrected chi connectivity index (χ0v) is 17.7. The van der Waals surface area contributed by atoms with E-state index in [1.165, 1.54) is 30.3 Å². The Balaban J connectivity index is 1.44. The molecule has 33 heavy (non-hydrogen) atoms. The second-order valence-electron chi connectivity index (χ2n) is 7.90. The minimum absolute atomic E-state index is 0.0132. The van der Waals surface area contributed by atoms with Gasteiger partial charge in [-0.25, -0.2) is 0 Å². The Morgan fingerprint density at radius 2 is 1.18 bits per heavy atom. The molecule has 2 heterocycles. The summed E-state index contributed by atoms with van der Waals surface area (Å²) in [6.45, 7) is 3.89. The molecule has 0 aromatic heterocycles. The molecule has 8 nitrogen and oxygen atoms in total. The van der Waals surface area contributed by atoms with Crippen LogP contribution in [0.5, 0.6) is 0 Å². The summed E-state index contributed by atoms with van der Waals surface area (Å²) in [5.74, 6) is -3.60. The number of benzene rings is 3. The van der Waals surface area contributed by atoms with Crippen LogP contribution in [0.1, 0.15) is 62.9 Å². The summed E-state index contributed by atoms with van der Waals surface area (Å²) in [5.41, 5.74) is 3.06. The first-order valence-corrected chi connectivity index (χ1v) is 10.2. The first kappa shape index (κ1) is 20.3. The van der Waals surface area contributed by atoms with E-state index in [1.807, 2.05) is 26.0 Å². The van der Waals surface area contributed by atoms with E-state index < -0.39 is 29.5 Å². The number of carbonyl (C=O) groups excluding carboxylic acids is 5. The Morgan fingerprint density at radius 3 is 1.76 bits per heavy atom. The third-order valence-corrected chi connectivity index (χ3v) is 5.86. The summed E-state index contributed by atoms with van der Waals surface area (Å²) in [6, 6.07) is 15.7. The molecule has 0 unspecified atom stereocenters. The molecule has 0 saturated carbocycles. The number of anilines is 1. The Hall–Kier alpha value is -4.59. The normalized spacial score (nSPS) is 14.6. The number of fused-ring (bicyclic) bond motifs is 2. The maximum absolute atomic E-state index is 13.1. The van der Waals surface area contributed by atoms with Crippen molar-refractivity contribution in [2.75, 3.05) is 5.32 Å². The molecule has 3 aromatic rings. The largest absolute Gasteiger partial charge is 0.322 e. The topological polar surface area (TPSA) is 104 Å². The lowest BCUT2D eigenvalue weighted by Crippen LogP contribution is -2.49. The van der Waals surface area contributed by atoms with Crippen LogP contribution in [-0.2, 0) is 0 Å². The van der Waals surface area contributed by atoms with Gasteiger partial charge in [0.2, 0.25) is 0 Å². The van der Waals surface area contributed by atoms with Crippen molar-refractivity contribution in [1.82, 2.24) is 10.0 Å². The predicted molar refractivity (Wildman–Crippen MR) is 118 cm³/mol. The Kier molecular flexibility index (Phi) is 4.45. The highest BCUT2D eigenvalue weighted by Gasteiger charge is 2.48. The van der Waals surface area contributed by atoms with Crippen molar-refractivity contribution < 1.29 is 24.0 Å². The summed E-state index contributed by atoms with van der Waals surface area (Å²) >= 11 is 0. The molecule has 3 aromatic carbocycles. The molecule has 0 spiro atoms. The van der Waals surface area contributed by atoms with E-state index in [-0.39, 0.29) is 27.8 Å². The molecule has 0 atom stereocenters. The molecule has 2 aliphatic rings. The molecule has 5 rings (SSSR count). The van der Waals surface area contributed by atoms with Crippen LogP contribution < -0.4 is 5.32 Å². The first-order valence-electron chi connectivity index (χ1n) is 10.2. The van der Waals surface area contributed by atoms with Crippen molar-refractivity contribution >= 4 is 35.2 Å². The van der Waals surface area contributed by atoms with Gasteiger partial charge in [-0.05, 0) is 67.4 Å². The average Bonchev–Trinajstić information content (AvgIpc) is 3.20. The summed E-state index contributed by atoms with van der Waals surface area (Å²) in [6.07, 6.45) is 0. The van der Waals surface area contributed by atoms with Crippen molar-refractivity contribution in [3.05, 3.63) is 99.6 Å². The number of nitrogens with one attached hydrogen (secondary N) is 1. The second-order valence-corrected chi connectivity index (χ2v) is 7.90. The number of aryl methyl sites for hydroxylation is 2. The average molecular weight is 439 g/mol. The lowest BCUT2D eigenvalue weighted by atomic mass is 10.0. The van der Waals surface area contributed by atoms with Gasteiger partial charge >= 0.3 is 0 Å². The number of nitrogens with zero attached hydrogens (tertiary/aromatic N) is 2. The summed E-state index contributed by atoms with van der Waals surface area (Å²) in [5, 5.41) is 3.87. The van der Waals surface area contributed by atoms with Gasteiger partial charge in [0, 0.05) is 11.3 Å². The van der Waals surface area contributed by atoms with Gasteiger partial charge in [0.05, 0.1) is 22.3 Å². The molecule has 0 fully saturated rings. The number of imide groups is 2. The fourth-order valence-electron chi connectivity index (χ4n) is 3.93.